The number of aryl methyl sites for hydroxylation is 1. The van der Waals surface area contributed by atoms with Gasteiger partial charge in [0.15, 0.2) is 5.78 Å². The lowest BCUT2D eigenvalue weighted by molar-refractivity contribution is 0.101. The molecular formula is C12H15NO3S. The minimum absolute atomic E-state index is 0.128. The van der Waals surface area contributed by atoms with Crippen LogP contribution in [0.1, 0.15) is 35.7 Å². The molecule has 1 N–H and O–H groups in total. The van der Waals surface area contributed by atoms with Gasteiger partial charge in [-0.3, -0.25) is 9.52 Å². The zero-order valence-electron chi connectivity index (χ0n) is 9.86. The van der Waals surface area contributed by atoms with Crippen LogP contribution in [0.15, 0.2) is 18.2 Å². The van der Waals surface area contributed by atoms with Gasteiger partial charge in [0, 0.05) is 5.56 Å². The van der Waals surface area contributed by atoms with Crippen molar-refractivity contribution < 1.29 is 13.2 Å². The third-order valence-electron chi connectivity index (χ3n) is 2.84. The van der Waals surface area contributed by atoms with Crippen LogP contribution in [0, 0.1) is 6.92 Å². The van der Waals surface area contributed by atoms with Crippen molar-refractivity contribution in [3.05, 3.63) is 29.3 Å². The lowest BCUT2D eigenvalue weighted by atomic mass is 10.0. The molecule has 0 unspecified atom stereocenters. The van der Waals surface area contributed by atoms with Gasteiger partial charge in [0.05, 0.1) is 10.9 Å². The Bertz CT molecular complexity index is 559. The van der Waals surface area contributed by atoms with Gasteiger partial charge >= 0.3 is 0 Å². The number of ketones is 1. The topological polar surface area (TPSA) is 63.2 Å². The standard InChI is InChI=1S/C12H15NO3S/c1-8-4-3-5-11(12(8)9(2)14)13-17(15,16)10-6-7-10/h3-5,10,13H,6-7H2,1-2H3. The summed E-state index contributed by atoms with van der Waals surface area (Å²) in [6, 6.07) is 5.17. The zero-order chi connectivity index (χ0) is 12.6. The van der Waals surface area contributed by atoms with E-state index in [9.17, 15) is 13.2 Å². The number of hydrogen-bond acceptors (Lipinski definition) is 3. The Labute approximate surface area is 101 Å². The molecule has 0 radical (unpaired) electrons. The minimum atomic E-state index is -3.32. The van der Waals surface area contributed by atoms with Crippen LogP contribution in [0.5, 0.6) is 0 Å². The van der Waals surface area contributed by atoms with E-state index in [4.69, 9.17) is 0 Å². The summed E-state index contributed by atoms with van der Waals surface area (Å²) in [6.45, 7) is 3.24. The van der Waals surface area contributed by atoms with Crippen LogP contribution in [0.25, 0.3) is 0 Å². The van der Waals surface area contributed by atoms with E-state index in [0.29, 0.717) is 24.1 Å². The predicted molar refractivity (Wildman–Crippen MR) is 66.7 cm³/mol. The molecule has 0 aromatic heterocycles. The van der Waals surface area contributed by atoms with E-state index in [1.54, 1.807) is 25.1 Å². The molecule has 1 aromatic rings. The lowest BCUT2D eigenvalue weighted by Crippen LogP contribution is -2.19. The van der Waals surface area contributed by atoms with Gasteiger partial charge in [0.1, 0.15) is 0 Å². The molecule has 2 rings (SSSR count). The molecule has 0 atom stereocenters. The molecule has 0 saturated heterocycles. The lowest BCUT2D eigenvalue weighted by Gasteiger charge is -2.12. The van der Waals surface area contributed by atoms with E-state index in [-0.39, 0.29) is 11.0 Å². The predicted octanol–water partition coefficient (Wildman–Crippen LogP) is 2.10. The van der Waals surface area contributed by atoms with Gasteiger partial charge in [-0.05, 0) is 38.3 Å². The van der Waals surface area contributed by atoms with Crippen LogP contribution in [-0.2, 0) is 10.0 Å². The zero-order valence-corrected chi connectivity index (χ0v) is 10.7. The van der Waals surface area contributed by atoms with Crippen molar-refractivity contribution in [1.82, 2.24) is 0 Å². The third kappa shape index (κ3) is 2.49. The van der Waals surface area contributed by atoms with E-state index in [1.807, 2.05) is 0 Å². The van der Waals surface area contributed by atoms with Crippen molar-refractivity contribution in [3.63, 3.8) is 0 Å². The average Bonchev–Trinajstić information content (AvgIpc) is 2.98. The summed E-state index contributed by atoms with van der Waals surface area (Å²) < 4.78 is 26.2. The first-order valence-electron chi connectivity index (χ1n) is 5.54. The second-order valence-electron chi connectivity index (χ2n) is 4.40. The molecule has 1 aliphatic rings. The van der Waals surface area contributed by atoms with Gasteiger partial charge in [-0.1, -0.05) is 12.1 Å². The second-order valence-corrected chi connectivity index (χ2v) is 6.36. The number of benzene rings is 1. The maximum atomic E-state index is 11.8. The van der Waals surface area contributed by atoms with Crippen molar-refractivity contribution in [3.8, 4) is 0 Å². The van der Waals surface area contributed by atoms with E-state index in [0.717, 1.165) is 5.56 Å². The van der Waals surface area contributed by atoms with Gasteiger partial charge in [-0.25, -0.2) is 8.42 Å². The molecule has 17 heavy (non-hydrogen) atoms. The molecule has 5 heteroatoms. The van der Waals surface area contributed by atoms with Crippen molar-refractivity contribution in [2.24, 2.45) is 0 Å². The van der Waals surface area contributed by atoms with E-state index >= 15 is 0 Å². The summed E-state index contributed by atoms with van der Waals surface area (Å²) in [4.78, 5) is 11.5. The summed E-state index contributed by atoms with van der Waals surface area (Å²) in [5, 5.41) is -0.289. The first-order chi connectivity index (χ1) is 7.92. The van der Waals surface area contributed by atoms with Gasteiger partial charge in [0.25, 0.3) is 0 Å². The molecule has 1 aliphatic carbocycles. The van der Waals surface area contributed by atoms with Gasteiger partial charge in [-0.15, -0.1) is 0 Å². The van der Waals surface area contributed by atoms with Crippen LogP contribution < -0.4 is 4.72 Å². The number of carbonyl (C=O) groups excluding carboxylic acids is 1. The maximum absolute atomic E-state index is 11.8. The molecule has 1 fully saturated rings. The fourth-order valence-corrected chi connectivity index (χ4v) is 3.24. The first kappa shape index (κ1) is 12.1. The highest BCUT2D eigenvalue weighted by Crippen LogP contribution is 2.31. The van der Waals surface area contributed by atoms with Gasteiger partial charge in [0.2, 0.25) is 10.0 Å². The van der Waals surface area contributed by atoms with Crippen LogP contribution in [0.3, 0.4) is 0 Å². The Hall–Kier alpha value is -1.36. The molecule has 0 amide bonds. The average molecular weight is 253 g/mol. The van der Waals surface area contributed by atoms with Crippen molar-refractivity contribution in [2.75, 3.05) is 4.72 Å². The summed E-state index contributed by atoms with van der Waals surface area (Å²) in [5.74, 6) is -0.128. The van der Waals surface area contributed by atoms with Crippen molar-refractivity contribution in [1.29, 1.82) is 0 Å². The molecule has 92 valence electrons. The summed E-state index contributed by atoms with van der Waals surface area (Å²) in [6.07, 6.45) is 1.41. The molecule has 1 saturated carbocycles. The molecular weight excluding hydrogens is 238 g/mol. The highest BCUT2D eigenvalue weighted by molar-refractivity contribution is 7.93. The largest absolute Gasteiger partial charge is 0.294 e. The summed E-state index contributed by atoms with van der Waals surface area (Å²) >= 11 is 0. The van der Waals surface area contributed by atoms with E-state index in [2.05, 4.69) is 4.72 Å². The van der Waals surface area contributed by atoms with Crippen molar-refractivity contribution in [2.45, 2.75) is 31.9 Å². The summed E-state index contributed by atoms with van der Waals surface area (Å²) in [7, 11) is -3.32. The van der Waals surface area contributed by atoms with E-state index < -0.39 is 10.0 Å². The van der Waals surface area contributed by atoms with Crippen LogP contribution in [-0.4, -0.2) is 19.5 Å². The summed E-state index contributed by atoms with van der Waals surface area (Å²) in [5.41, 5.74) is 1.63. The smallest absolute Gasteiger partial charge is 0.235 e. The normalized spacial score (nSPS) is 15.6. The molecule has 4 nitrogen and oxygen atoms in total. The number of sulfonamides is 1. The monoisotopic (exact) mass is 253 g/mol. The molecule has 0 aliphatic heterocycles. The molecule has 0 heterocycles. The molecule has 0 bridgehead atoms. The number of nitrogens with one attached hydrogen (secondary N) is 1. The number of carbonyl (C=O) groups is 1. The van der Waals surface area contributed by atoms with Crippen LogP contribution in [0.4, 0.5) is 5.69 Å². The number of rotatable bonds is 4. The Kier molecular flexibility index (Phi) is 2.95. The quantitative estimate of drug-likeness (QED) is 0.836. The number of hydrogen-bond donors (Lipinski definition) is 1. The molecule has 0 spiro atoms. The Morgan fingerprint density at radius 2 is 2.00 bits per heavy atom. The van der Waals surface area contributed by atoms with E-state index in [1.165, 1.54) is 6.92 Å². The minimum Gasteiger partial charge on any atom is -0.294 e. The van der Waals surface area contributed by atoms with Crippen LogP contribution >= 0.6 is 0 Å². The highest BCUT2D eigenvalue weighted by Gasteiger charge is 2.36. The first-order valence-corrected chi connectivity index (χ1v) is 7.08. The Morgan fingerprint density at radius 1 is 1.35 bits per heavy atom. The van der Waals surface area contributed by atoms with Crippen molar-refractivity contribution >= 4 is 21.5 Å². The fourth-order valence-electron chi connectivity index (χ4n) is 1.84. The second kappa shape index (κ2) is 4.14. The maximum Gasteiger partial charge on any atom is 0.235 e. The Morgan fingerprint density at radius 3 is 2.53 bits per heavy atom. The third-order valence-corrected chi connectivity index (χ3v) is 4.69. The fraction of sp³-hybridized carbons (Fsp3) is 0.417. The van der Waals surface area contributed by atoms with Gasteiger partial charge < -0.3 is 0 Å². The Balaban J connectivity index is 2.39. The number of Topliss-reactive ketones (excluding diaryl/α,β-unsaturated/α-hetero) is 1. The highest BCUT2D eigenvalue weighted by atomic mass is 32.2. The SMILES string of the molecule is CC(=O)c1c(C)cccc1NS(=O)(=O)C1CC1. The van der Waals surface area contributed by atoms with Gasteiger partial charge in [-0.2, -0.15) is 0 Å². The number of anilines is 1. The molecule has 1 aromatic carbocycles. The van der Waals surface area contributed by atoms with Crippen LogP contribution in [0.2, 0.25) is 0 Å².